The highest BCUT2D eigenvalue weighted by molar-refractivity contribution is 14.0. The maximum atomic E-state index is 6.07. The van der Waals surface area contributed by atoms with E-state index in [-0.39, 0.29) is 24.0 Å². The van der Waals surface area contributed by atoms with Crippen molar-refractivity contribution in [2.45, 2.75) is 33.9 Å². The Morgan fingerprint density at radius 1 is 1.36 bits per heavy atom. The van der Waals surface area contributed by atoms with E-state index in [1.54, 1.807) is 0 Å². The van der Waals surface area contributed by atoms with E-state index in [1.165, 1.54) is 5.56 Å². The van der Waals surface area contributed by atoms with Crippen molar-refractivity contribution in [1.29, 1.82) is 0 Å². The van der Waals surface area contributed by atoms with Gasteiger partial charge in [-0.25, -0.2) is 4.99 Å². The molecule has 2 aromatic rings. The smallest absolute Gasteiger partial charge is 0.194 e. The molecule has 0 aliphatic carbocycles. The number of hydrogen-bond acceptors (Lipinski definition) is 2. The van der Waals surface area contributed by atoms with Crippen molar-refractivity contribution >= 4 is 41.5 Å². The van der Waals surface area contributed by atoms with Crippen LogP contribution in [0.5, 0.6) is 0 Å². The summed E-state index contributed by atoms with van der Waals surface area (Å²) in [4.78, 5) is 6.89. The zero-order valence-corrected chi connectivity index (χ0v) is 18.6. The van der Waals surface area contributed by atoms with Gasteiger partial charge in [0.2, 0.25) is 0 Å². The number of aryl methyl sites for hydroxylation is 2. The summed E-state index contributed by atoms with van der Waals surface area (Å²) >= 11 is 6.07. The molecule has 0 saturated carbocycles. The number of nitrogens with zero attached hydrogens (tertiary/aromatic N) is 4. The molecule has 7 heteroatoms. The summed E-state index contributed by atoms with van der Waals surface area (Å²) in [6, 6.07) is 7.91. The second-order valence-corrected chi connectivity index (χ2v) is 6.37. The van der Waals surface area contributed by atoms with Gasteiger partial charge in [0.05, 0.1) is 12.2 Å². The molecular formula is C18H27ClIN5. The molecule has 0 radical (unpaired) electrons. The third-order valence-corrected chi connectivity index (χ3v) is 4.29. The van der Waals surface area contributed by atoms with Crippen molar-refractivity contribution in [3.05, 3.63) is 51.8 Å². The molecule has 0 fully saturated rings. The first-order valence-electron chi connectivity index (χ1n) is 8.15. The largest absolute Gasteiger partial charge is 0.357 e. The van der Waals surface area contributed by atoms with Gasteiger partial charge in [0.25, 0.3) is 0 Å². The summed E-state index contributed by atoms with van der Waals surface area (Å²) in [6.45, 7) is 8.37. The Bertz CT molecular complexity index is 726. The molecule has 0 spiro atoms. The minimum absolute atomic E-state index is 0. The van der Waals surface area contributed by atoms with Gasteiger partial charge >= 0.3 is 0 Å². The minimum atomic E-state index is 0. The molecule has 0 unspecified atom stereocenters. The van der Waals surface area contributed by atoms with Crippen LogP contribution in [0.3, 0.4) is 0 Å². The zero-order chi connectivity index (χ0) is 17.7. The maximum Gasteiger partial charge on any atom is 0.194 e. The summed E-state index contributed by atoms with van der Waals surface area (Å²) in [5.74, 6) is 0.875. The fourth-order valence-electron chi connectivity index (χ4n) is 2.65. The molecule has 138 valence electrons. The fourth-order valence-corrected chi connectivity index (χ4v) is 2.87. The SMILES string of the molecule is CCNC(=NCc1c(C)nn(C)c1C)N(C)Cc1cccc(Cl)c1.I. The molecule has 5 nitrogen and oxygen atoms in total. The van der Waals surface area contributed by atoms with Gasteiger partial charge in [-0.3, -0.25) is 4.68 Å². The maximum absolute atomic E-state index is 6.07. The number of rotatable bonds is 5. The average molecular weight is 476 g/mol. The van der Waals surface area contributed by atoms with E-state index in [1.807, 2.05) is 43.9 Å². The Balaban J connectivity index is 0.00000312. The van der Waals surface area contributed by atoms with Crippen LogP contribution in [0.1, 0.15) is 29.4 Å². The van der Waals surface area contributed by atoms with Crippen molar-refractivity contribution in [2.75, 3.05) is 13.6 Å². The molecule has 1 aromatic heterocycles. The normalized spacial score (nSPS) is 11.2. The van der Waals surface area contributed by atoms with E-state index in [2.05, 4.69) is 35.2 Å². The van der Waals surface area contributed by atoms with Gasteiger partial charge < -0.3 is 10.2 Å². The lowest BCUT2D eigenvalue weighted by molar-refractivity contribution is 0.476. The molecule has 0 saturated heterocycles. The highest BCUT2D eigenvalue weighted by Gasteiger charge is 2.11. The fraction of sp³-hybridized carbons (Fsp3) is 0.444. The van der Waals surface area contributed by atoms with Gasteiger partial charge in [-0.15, -0.1) is 24.0 Å². The van der Waals surface area contributed by atoms with E-state index in [4.69, 9.17) is 16.6 Å². The van der Waals surface area contributed by atoms with Crippen molar-refractivity contribution in [2.24, 2.45) is 12.0 Å². The third-order valence-electron chi connectivity index (χ3n) is 4.05. The number of benzene rings is 1. The predicted octanol–water partition coefficient (Wildman–Crippen LogP) is 3.91. The topological polar surface area (TPSA) is 45.5 Å². The molecule has 0 bridgehead atoms. The molecular weight excluding hydrogens is 449 g/mol. The predicted molar refractivity (Wildman–Crippen MR) is 116 cm³/mol. The van der Waals surface area contributed by atoms with Gasteiger partial charge in [0, 0.05) is 43.5 Å². The molecule has 1 aromatic carbocycles. The minimum Gasteiger partial charge on any atom is -0.357 e. The molecule has 0 aliphatic rings. The summed E-state index contributed by atoms with van der Waals surface area (Å²) in [7, 11) is 4.00. The van der Waals surface area contributed by atoms with Gasteiger partial charge in [0.15, 0.2) is 5.96 Å². The van der Waals surface area contributed by atoms with Crippen LogP contribution in [0.25, 0.3) is 0 Å². The van der Waals surface area contributed by atoms with Crippen LogP contribution in [-0.2, 0) is 20.1 Å². The lowest BCUT2D eigenvalue weighted by Gasteiger charge is -2.22. The summed E-state index contributed by atoms with van der Waals surface area (Å²) in [5.41, 5.74) is 4.53. The summed E-state index contributed by atoms with van der Waals surface area (Å²) < 4.78 is 1.91. The Kier molecular flexibility index (Phi) is 8.71. The Morgan fingerprint density at radius 3 is 2.64 bits per heavy atom. The molecule has 25 heavy (non-hydrogen) atoms. The molecule has 0 amide bonds. The number of aromatic nitrogens is 2. The van der Waals surface area contributed by atoms with Crippen LogP contribution in [0.15, 0.2) is 29.3 Å². The van der Waals surface area contributed by atoms with Crippen LogP contribution in [0, 0.1) is 13.8 Å². The molecule has 0 aliphatic heterocycles. The van der Waals surface area contributed by atoms with Crippen LogP contribution in [0.4, 0.5) is 0 Å². The first-order chi connectivity index (χ1) is 11.4. The van der Waals surface area contributed by atoms with Gasteiger partial charge in [0.1, 0.15) is 0 Å². The van der Waals surface area contributed by atoms with E-state index in [0.717, 1.165) is 41.0 Å². The van der Waals surface area contributed by atoms with E-state index in [9.17, 15) is 0 Å². The number of guanidine groups is 1. The Hall–Kier alpha value is -1.28. The van der Waals surface area contributed by atoms with Gasteiger partial charge in [-0.2, -0.15) is 5.10 Å². The van der Waals surface area contributed by atoms with Gasteiger partial charge in [-0.05, 0) is 38.5 Å². The molecule has 2 rings (SSSR count). The lowest BCUT2D eigenvalue weighted by Crippen LogP contribution is -2.38. The van der Waals surface area contributed by atoms with E-state index in [0.29, 0.717) is 6.54 Å². The van der Waals surface area contributed by atoms with Gasteiger partial charge in [-0.1, -0.05) is 23.7 Å². The van der Waals surface area contributed by atoms with Crippen LogP contribution < -0.4 is 5.32 Å². The third kappa shape index (κ3) is 5.88. The van der Waals surface area contributed by atoms with Crippen LogP contribution >= 0.6 is 35.6 Å². The summed E-state index contributed by atoms with van der Waals surface area (Å²) in [6.07, 6.45) is 0. The highest BCUT2D eigenvalue weighted by atomic mass is 127. The van der Waals surface area contributed by atoms with Crippen molar-refractivity contribution < 1.29 is 0 Å². The Labute approximate surface area is 172 Å². The van der Waals surface area contributed by atoms with Crippen molar-refractivity contribution in [3.63, 3.8) is 0 Å². The second kappa shape index (κ2) is 10.0. The number of aliphatic imine (C=N–C) groups is 1. The van der Waals surface area contributed by atoms with Crippen LogP contribution in [0.2, 0.25) is 5.02 Å². The second-order valence-electron chi connectivity index (χ2n) is 5.93. The lowest BCUT2D eigenvalue weighted by atomic mass is 10.2. The average Bonchev–Trinajstić information content (AvgIpc) is 2.76. The number of nitrogens with one attached hydrogen (secondary N) is 1. The van der Waals surface area contributed by atoms with Crippen molar-refractivity contribution in [1.82, 2.24) is 20.0 Å². The molecule has 1 N–H and O–H groups in total. The molecule has 0 atom stereocenters. The quantitative estimate of drug-likeness (QED) is 0.405. The first-order valence-corrected chi connectivity index (χ1v) is 8.53. The van der Waals surface area contributed by atoms with E-state index < -0.39 is 0 Å². The standard InChI is InChI=1S/C18H26ClN5.HI/c1-6-20-18(21-11-17-13(2)22-24(5)14(17)3)23(4)12-15-8-7-9-16(19)10-15;/h7-10H,6,11-12H2,1-5H3,(H,20,21);1H. The number of hydrogen-bond donors (Lipinski definition) is 1. The van der Waals surface area contributed by atoms with Crippen LogP contribution in [-0.4, -0.2) is 34.2 Å². The van der Waals surface area contributed by atoms with Crippen molar-refractivity contribution in [3.8, 4) is 0 Å². The Morgan fingerprint density at radius 2 is 2.08 bits per heavy atom. The highest BCUT2D eigenvalue weighted by Crippen LogP contribution is 2.14. The molecule has 1 heterocycles. The number of halogens is 2. The zero-order valence-electron chi connectivity index (χ0n) is 15.5. The monoisotopic (exact) mass is 475 g/mol. The summed E-state index contributed by atoms with van der Waals surface area (Å²) in [5, 5.41) is 8.56. The van der Waals surface area contributed by atoms with E-state index >= 15 is 0 Å². The first kappa shape index (κ1) is 21.8.